The Balaban J connectivity index is 2.25. The van der Waals surface area contributed by atoms with Crippen LogP contribution in [-0.2, 0) is 6.42 Å². The number of aryl methyl sites for hydroxylation is 2. The van der Waals surface area contributed by atoms with Gasteiger partial charge in [-0.25, -0.2) is 4.39 Å². The smallest absolute Gasteiger partial charge is 0.124 e. The van der Waals surface area contributed by atoms with Gasteiger partial charge in [0.05, 0.1) is 17.5 Å². The summed E-state index contributed by atoms with van der Waals surface area (Å²) in [4.78, 5) is 0. The number of rotatable bonds is 3. The van der Waals surface area contributed by atoms with Gasteiger partial charge in [-0.15, -0.1) is 0 Å². The third-order valence-corrected chi connectivity index (χ3v) is 3.28. The Kier molecular flexibility index (Phi) is 4.12. The minimum atomic E-state index is -0.739. The number of hydrogen-bond donors (Lipinski definition) is 1. The van der Waals surface area contributed by atoms with Crippen LogP contribution in [0, 0.1) is 19.7 Å². The Bertz CT molecular complexity index is 604. The maximum Gasteiger partial charge on any atom is 0.124 e. The Morgan fingerprint density at radius 1 is 1.26 bits per heavy atom. The second kappa shape index (κ2) is 5.63. The van der Waals surface area contributed by atoms with E-state index in [1.807, 2.05) is 6.92 Å². The molecule has 0 bridgehead atoms. The van der Waals surface area contributed by atoms with E-state index in [1.165, 1.54) is 12.1 Å². The summed E-state index contributed by atoms with van der Waals surface area (Å²) in [6.07, 6.45) is -0.428. The van der Waals surface area contributed by atoms with Gasteiger partial charge in [0.15, 0.2) is 0 Å². The van der Waals surface area contributed by atoms with Crippen molar-refractivity contribution in [3.63, 3.8) is 0 Å². The molecule has 0 radical (unpaired) electrons. The number of nitrogens with zero attached hydrogens (tertiary/aromatic N) is 2. The lowest BCUT2D eigenvalue weighted by molar-refractivity contribution is 0.177. The van der Waals surface area contributed by atoms with Gasteiger partial charge in [-0.05, 0) is 37.6 Å². The number of halogens is 2. The van der Waals surface area contributed by atoms with E-state index in [-0.39, 0.29) is 5.82 Å². The standard InChI is InChI=1S/C14H14ClFN2O/c1-8-5-12(9(2)18-17-8)14(19)6-10-3-4-11(16)7-13(10)15/h3-5,7,14,19H,6H2,1-2H3. The summed E-state index contributed by atoms with van der Waals surface area (Å²) in [6, 6.07) is 5.95. The highest BCUT2D eigenvalue weighted by molar-refractivity contribution is 6.31. The Morgan fingerprint density at radius 3 is 2.68 bits per heavy atom. The summed E-state index contributed by atoms with van der Waals surface area (Å²) in [6.45, 7) is 3.60. The molecule has 1 heterocycles. The predicted octanol–water partition coefficient (Wildman–Crippen LogP) is 3.16. The van der Waals surface area contributed by atoms with Gasteiger partial charge in [-0.3, -0.25) is 0 Å². The van der Waals surface area contributed by atoms with E-state index in [1.54, 1.807) is 19.1 Å². The summed E-state index contributed by atoms with van der Waals surface area (Å²) in [5.41, 5.74) is 2.83. The summed E-state index contributed by atoms with van der Waals surface area (Å²) < 4.78 is 13.0. The van der Waals surface area contributed by atoms with Crippen molar-refractivity contribution in [3.8, 4) is 0 Å². The van der Waals surface area contributed by atoms with Crippen molar-refractivity contribution < 1.29 is 9.50 Å². The van der Waals surface area contributed by atoms with E-state index >= 15 is 0 Å². The SMILES string of the molecule is Cc1cc(C(O)Cc2ccc(F)cc2Cl)c(C)nn1. The molecule has 19 heavy (non-hydrogen) atoms. The van der Waals surface area contributed by atoms with Gasteiger partial charge in [-0.2, -0.15) is 10.2 Å². The molecule has 5 heteroatoms. The zero-order valence-corrected chi connectivity index (χ0v) is 11.4. The number of hydrogen-bond acceptors (Lipinski definition) is 3. The van der Waals surface area contributed by atoms with E-state index in [4.69, 9.17) is 11.6 Å². The molecule has 0 saturated heterocycles. The van der Waals surface area contributed by atoms with Crippen LogP contribution in [0.3, 0.4) is 0 Å². The van der Waals surface area contributed by atoms with Crippen LogP contribution in [0.5, 0.6) is 0 Å². The van der Waals surface area contributed by atoms with Crippen molar-refractivity contribution in [2.45, 2.75) is 26.4 Å². The van der Waals surface area contributed by atoms with Crippen molar-refractivity contribution in [2.24, 2.45) is 0 Å². The van der Waals surface area contributed by atoms with Gasteiger partial charge in [-0.1, -0.05) is 17.7 Å². The molecule has 0 saturated carbocycles. The average molecular weight is 281 g/mol. The van der Waals surface area contributed by atoms with E-state index in [0.717, 1.165) is 5.69 Å². The first-order valence-corrected chi connectivity index (χ1v) is 6.28. The molecule has 0 spiro atoms. The maximum atomic E-state index is 13.0. The molecule has 1 aromatic heterocycles. The third-order valence-electron chi connectivity index (χ3n) is 2.93. The second-order valence-corrected chi connectivity index (χ2v) is 4.89. The van der Waals surface area contributed by atoms with Crippen LogP contribution >= 0.6 is 11.6 Å². The molecule has 0 aliphatic carbocycles. The van der Waals surface area contributed by atoms with E-state index in [9.17, 15) is 9.50 Å². The lowest BCUT2D eigenvalue weighted by atomic mass is 10.0. The first kappa shape index (κ1) is 13.9. The van der Waals surface area contributed by atoms with Gasteiger partial charge in [0.25, 0.3) is 0 Å². The first-order chi connectivity index (χ1) is 8.97. The van der Waals surface area contributed by atoms with E-state index < -0.39 is 6.10 Å². The minimum absolute atomic E-state index is 0.311. The van der Waals surface area contributed by atoms with Gasteiger partial charge < -0.3 is 5.11 Å². The fourth-order valence-electron chi connectivity index (χ4n) is 1.91. The molecule has 0 amide bonds. The molecule has 1 aromatic carbocycles. The molecule has 100 valence electrons. The summed E-state index contributed by atoms with van der Waals surface area (Å²) in [7, 11) is 0. The molecule has 2 aromatic rings. The minimum Gasteiger partial charge on any atom is -0.388 e. The molecule has 1 unspecified atom stereocenters. The Hall–Kier alpha value is -1.52. The summed E-state index contributed by atoms with van der Waals surface area (Å²) in [5, 5.41) is 18.5. The monoisotopic (exact) mass is 280 g/mol. The van der Waals surface area contributed by atoms with Gasteiger partial charge in [0, 0.05) is 17.0 Å². The topological polar surface area (TPSA) is 46.0 Å². The molecule has 0 aliphatic rings. The van der Waals surface area contributed by atoms with E-state index in [0.29, 0.717) is 28.3 Å². The fraction of sp³-hybridized carbons (Fsp3) is 0.286. The van der Waals surface area contributed by atoms with Crippen LogP contribution in [-0.4, -0.2) is 15.3 Å². The van der Waals surface area contributed by atoms with Crippen LogP contribution in [0.4, 0.5) is 4.39 Å². The van der Waals surface area contributed by atoms with Gasteiger partial charge in [0.2, 0.25) is 0 Å². The predicted molar refractivity (Wildman–Crippen MR) is 71.6 cm³/mol. The quantitative estimate of drug-likeness (QED) is 0.939. The lowest BCUT2D eigenvalue weighted by Crippen LogP contribution is -2.07. The molecule has 0 aliphatic heterocycles. The van der Waals surface area contributed by atoms with Crippen molar-refractivity contribution in [2.75, 3.05) is 0 Å². The number of aliphatic hydroxyl groups excluding tert-OH is 1. The fourth-order valence-corrected chi connectivity index (χ4v) is 2.16. The zero-order chi connectivity index (χ0) is 14.0. The summed E-state index contributed by atoms with van der Waals surface area (Å²) >= 11 is 5.95. The van der Waals surface area contributed by atoms with E-state index in [2.05, 4.69) is 10.2 Å². The van der Waals surface area contributed by atoms with Crippen LogP contribution in [0.2, 0.25) is 5.02 Å². The number of benzene rings is 1. The molecule has 1 N–H and O–H groups in total. The van der Waals surface area contributed by atoms with Crippen molar-refractivity contribution in [1.82, 2.24) is 10.2 Å². The normalized spacial score (nSPS) is 12.5. The largest absolute Gasteiger partial charge is 0.388 e. The van der Waals surface area contributed by atoms with Crippen LogP contribution in [0.1, 0.15) is 28.6 Å². The first-order valence-electron chi connectivity index (χ1n) is 5.90. The highest BCUT2D eigenvalue weighted by Crippen LogP contribution is 2.25. The van der Waals surface area contributed by atoms with Crippen LogP contribution < -0.4 is 0 Å². The van der Waals surface area contributed by atoms with Crippen molar-refractivity contribution >= 4 is 11.6 Å². The Morgan fingerprint density at radius 2 is 2.00 bits per heavy atom. The summed E-state index contributed by atoms with van der Waals surface area (Å²) in [5.74, 6) is -0.388. The zero-order valence-electron chi connectivity index (χ0n) is 10.7. The molecule has 0 fully saturated rings. The molecule has 3 nitrogen and oxygen atoms in total. The highest BCUT2D eigenvalue weighted by atomic mass is 35.5. The van der Waals surface area contributed by atoms with Crippen LogP contribution in [0.15, 0.2) is 24.3 Å². The molecule has 2 rings (SSSR count). The van der Waals surface area contributed by atoms with Crippen molar-refractivity contribution in [3.05, 3.63) is 57.6 Å². The third kappa shape index (κ3) is 3.28. The van der Waals surface area contributed by atoms with Gasteiger partial charge in [0.1, 0.15) is 5.82 Å². The van der Waals surface area contributed by atoms with Gasteiger partial charge >= 0.3 is 0 Å². The van der Waals surface area contributed by atoms with Crippen molar-refractivity contribution in [1.29, 1.82) is 0 Å². The number of aromatic nitrogens is 2. The maximum absolute atomic E-state index is 13.0. The molecular weight excluding hydrogens is 267 g/mol. The highest BCUT2D eigenvalue weighted by Gasteiger charge is 2.15. The average Bonchev–Trinajstić information content (AvgIpc) is 2.35. The number of aliphatic hydroxyl groups is 1. The molecular formula is C14H14ClFN2O. The lowest BCUT2D eigenvalue weighted by Gasteiger charge is -2.14. The molecule has 1 atom stereocenters. The second-order valence-electron chi connectivity index (χ2n) is 4.48. The van der Waals surface area contributed by atoms with Crippen LogP contribution in [0.25, 0.3) is 0 Å². The Labute approximate surface area is 116 Å².